The van der Waals surface area contributed by atoms with E-state index in [1.165, 1.54) is 5.56 Å². The first-order chi connectivity index (χ1) is 6.22. The van der Waals surface area contributed by atoms with E-state index >= 15 is 0 Å². The molecule has 1 saturated carbocycles. The van der Waals surface area contributed by atoms with E-state index < -0.39 is 0 Å². The standard InChI is InChI=1S/C9H8BrClOS/c10-9-1-5(4-13-9)6-2-7(6)8(12)3-11/h1,4,6-7H,2-3H2. The van der Waals surface area contributed by atoms with Crippen LogP contribution in [0.2, 0.25) is 0 Å². The third-order valence-electron chi connectivity index (χ3n) is 2.35. The molecule has 0 radical (unpaired) electrons. The molecule has 0 saturated heterocycles. The van der Waals surface area contributed by atoms with Crippen LogP contribution in [-0.2, 0) is 4.79 Å². The summed E-state index contributed by atoms with van der Waals surface area (Å²) in [5, 5.41) is 2.11. The van der Waals surface area contributed by atoms with Gasteiger partial charge in [-0.15, -0.1) is 22.9 Å². The van der Waals surface area contributed by atoms with Crippen LogP contribution in [0.4, 0.5) is 0 Å². The van der Waals surface area contributed by atoms with Gasteiger partial charge in [0.2, 0.25) is 0 Å². The normalized spacial score (nSPS) is 26.0. The third-order valence-corrected chi connectivity index (χ3v) is 4.14. The van der Waals surface area contributed by atoms with E-state index in [0.717, 1.165) is 10.2 Å². The van der Waals surface area contributed by atoms with Crippen molar-refractivity contribution in [2.24, 2.45) is 5.92 Å². The van der Waals surface area contributed by atoms with Gasteiger partial charge in [0, 0.05) is 5.92 Å². The topological polar surface area (TPSA) is 17.1 Å². The minimum absolute atomic E-state index is 0.159. The van der Waals surface area contributed by atoms with Gasteiger partial charge in [0.25, 0.3) is 0 Å². The number of ketones is 1. The van der Waals surface area contributed by atoms with Crippen LogP contribution in [0.15, 0.2) is 15.2 Å². The van der Waals surface area contributed by atoms with Gasteiger partial charge in [-0.2, -0.15) is 0 Å². The van der Waals surface area contributed by atoms with Crippen molar-refractivity contribution >= 4 is 44.7 Å². The number of rotatable bonds is 3. The molecule has 2 unspecified atom stereocenters. The second kappa shape index (κ2) is 3.71. The smallest absolute Gasteiger partial charge is 0.151 e. The monoisotopic (exact) mass is 278 g/mol. The van der Waals surface area contributed by atoms with Crippen molar-refractivity contribution in [2.45, 2.75) is 12.3 Å². The Morgan fingerprint density at radius 3 is 3.08 bits per heavy atom. The van der Waals surface area contributed by atoms with E-state index in [1.807, 2.05) is 0 Å². The Kier molecular flexibility index (Phi) is 2.77. The predicted molar refractivity (Wildman–Crippen MR) is 58.6 cm³/mol. The first kappa shape index (κ1) is 9.69. The van der Waals surface area contributed by atoms with E-state index in [1.54, 1.807) is 11.3 Å². The number of halogens is 2. The Morgan fingerprint density at radius 1 is 1.77 bits per heavy atom. The lowest BCUT2D eigenvalue weighted by atomic mass is 10.1. The molecule has 13 heavy (non-hydrogen) atoms. The maximum absolute atomic E-state index is 11.2. The van der Waals surface area contributed by atoms with E-state index in [-0.39, 0.29) is 17.6 Å². The predicted octanol–water partition coefficient (Wildman–Crippen LogP) is 3.42. The summed E-state index contributed by atoms with van der Waals surface area (Å²) >= 11 is 10.6. The number of alkyl halides is 1. The number of carbonyl (C=O) groups is 1. The van der Waals surface area contributed by atoms with Crippen LogP contribution in [0.3, 0.4) is 0 Å². The van der Waals surface area contributed by atoms with Crippen molar-refractivity contribution in [3.63, 3.8) is 0 Å². The lowest BCUT2D eigenvalue weighted by molar-refractivity contribution is -0.117. The van der Waals surface area contributed by atoms with Crippen molar-refractivity contribution in [3.05, 3.63) is 20.8 Å². The van der Waals surface area contributed by atoms with Gasteiger partial charge in [-0.05, 0) is 45.3 Å². The van der Waals surface area contributed by atoms with Crippen molar-refractivity contribution in [1.29, 1.82) is 0 Å². The molecule has 1 aliphatic carbocycles. The highest BCUT2D eigenvalue weighted by molar-refractivity contribution is 9.11. The van der Waals surface area contributed by atoms with Crippen LogP contribution < -0.4 is 0 Å². The van der Waals surface area contributed by atoms with Crippen molar-refractivity contribution in [1.82, 2.24) is 0 Å². The van der Waals surface area contributed by atoms with Crippen LogP contribution in [-0.4, -0.2) is 11.7 Å². The minimum Gasteiger partial charge on any atom is -0.298 e. The highest BCUT2D eigenvalue weighted by atomic mass is 79.9. The molecule has 1 fully saturated rings. The molecular weight excluding hydrogens is 272 g/mol. The summed E-state index contributed by atoms with van der Waals surface area (Å²) in [4.78, 5) is 11.2. The second-order valence-corrected chi connectivity index (χ2v) is 5.79. The fourth-order valence-electron chi connectivity index (χ4n) is 1.54. The molecule has 1 aromatic heterocycles. The summed E-state index contributed by atoms with van der Waals surface area (Å²) in [5.41, 5.74) is 1.28. The quantitative estimate of drug-likeness (QED) is 0.775. The van der Waals surface area contributed by atoms with Gasteiger partial charge in [0.05, 0.1) is 9.67 Å². The third kappa shape index (κ3) is 1.97. The summed E-state index contributed by atoms with van der Waals surface area (Å²) in [5.74, 6) is 0.980. The molecule has 1 heterocycles. The summed E-state index contributed by atoms with van der Waals surface area (Å²) in [6.07, 6.45) is 0.981. The average molecular weight is 280 g/mol. The molecule has 1 aromatic rings. The van der Waals surface area contributed by atoms with E-state index in [4.69, 9.17) is 11.6 Å². The lowest BCUT2D eigenvalue weighted by Crippen LogP contribution is -2.02. The highest BCUT2D eigenvalue weighted by Crippen LogP contribution is 2.49. The maximum Gasteiger partial charge on any atom is 0.151 e. The SMILES string of the molecule is O=C(CCl)C1CC1c1csc(Br)c1. The van der Waals surface area contributed by atoms with Crippen LogP contribution in [0.25, 0.3) is 0 Å². The summed E-state index contributed by atoms with van der Waals surface area (Å²) in [6.45, 7) is 0. The zero-order valence-electron chi connectivity index (χ0n) is 6.80. The van der Waals surface area contributed by atoms with Gasteiger partial charge < -0.3 is 0 Å². The van der Waals surface area contributed by atoms with Gasteiger partial charge >= 0.3 is 0 Å². The molecule has 0 bridgehead atoms. The molecular formula is C9H8BrClOS. The zero-order chi connectivity index (χ0) is 9.42. The fraction of sp³-hybridized carbons (Fsp3) is 0.444. The maximum atomic E-state index is 11.2. The Bertz CT molecular complexity index is 336. The Hall–Kier alpha value is 0.140. The van der Waals surface area contributed by atoms with E-state index in [9.17, 15) is 4.79 Å². The lowest BCUT2D eigenvalue weighted by Gasteiger charge is -1.92. The molecule has 0 aliphatic heterocycles. The molecule has 0 amide bonds. The first-order valence-corrected chi connectivity index (χ1v) is 6.25. The number of hydrogen-bond acceptors (Lipinski definition) is 2. The van der Waals surface area contributed by atoms with E-state index in [2.05, 4.69) is 27.4 Å². The summed E-state index contributed by atoms with van der Waals surface area (Å²) in [7, 11) is 0. The molecule has 2 rings (SSSR count). The molecule has 4 heteroatoms. The molecule has 1 nitrogen and oxygen atoms in total. The van der Waals surface area contributed by atoms with Crippen LogP contribution >= 0.6 is 38.9 Å². The molecule has 0 spiro atoms. The molecule has 2 atom stereocenters. The van der Waals surface area contributed by atoms with E-state index in [0.29, 0.717) is 5.92 Å². The summed E-state index contributed by atoms with van der Waals surface area (Å²) in [6, 6.07) is 2.09. The van der Waals surface area contributed by atoms with Crippen molar-refractivity contribution in [3.8, 4) is 0 Å². The minimum atomic E-state index is 0.159. The highest BCUT2D eigenvalue weighted by Gasteiger charge is 2.43. The Balaban J connectivity index is 2.04. The van der Waals surface area contributed by atoms with Crippen LogP contribution in [0, 0.1) is 5.92 Å². The molecule has 1 aliphatic rings. The van der Waals surface area contributed by atoms with Gasteiger partial charge in [-0.3, -0.25) is 4.79 Å². The number of carbonyl (C=O) groups excluding carboxylic acids is 1. The second-order valence-electron chi connectivity index (χ2n) is 3.23. The Morgan fingerprint density at radius 2 is 2.54 bits per heavy atom. The summed E-state index contributed by atoms with van der Waals surface area (Å²) < 4.78 is 1.13. The fourth-order valence-corrected chi connectivity index (χ4v) is 2.97. The van der Waals surface area contributed by atoms with Crippen molar-refractivity contribution < 1.29 is 4.79 Å². The van der Waals surface area contributed by atoms with Gasteiger partial charge in [0.15, 0.2) is 5.78 Å². The molecule has 0 aromatic carbocycles. The van der Waals surface area contributed by atoms with Crippen LogP contribution in [0.1, 0.15) is 17.9 Å². The number of hydrogen-bond donors (Lipinski definition) is 0. The average Bonchev–Trinajstić information content (AvgIpc) is 2.82. The zero-order valence-corrected chi connectivity index (χ0v) is 9.95. The first-order valence-electron chi connectivity index (χ1n) is 4.05. The number of thiophene rings is 1. The largest absolute Gasteiger partial charge is 0.298 e. The molecule has 0 N–H and O–H groups in total. The van der Waals surface area contributed by atoms with Gasteiger partial charge in [-0.1, -0.05) is 0 Å². The van der Waals surface area contributed by atoms with Gasteiger partial charge in [0.1, 0.15) is 0 Å². The van der Waals surface area contributed by atoms with Gasteiger partial charge in [-0.25, -0.2) is 0 Å². The van der Waals surface area contributed by atoms with Crippen LogP contribution in [0.5, 0.6) is 0 Å². The van der Waals surface area contributed by atoms with Crippen molar-refractivity contribution in [2.75, 3.05) is 5.88 Å². The molecule has 70 valence electrons. The number of Topliss-reactive ketones (excluding diaryl/α,β-unsaturated/α-hetero) is 1. The Labute approximate surface area is 94.2 Å².